The van der Waals surface area contributed by atoms with Crippen molar-refractivity contribution in [3.8, 4) is 0 Å². The average Bonchev–Trinajstić information content (AvgIpc) is 3.61. The molecule has 302 valence electrons. The molecule has 0 saturated carbocycles. The SMILES string of the molecule is CC(C)(C)[Si](C)(C)OC[C@H]1O[C@@H](n2c(/C=C/c3c4ccccc4cc4ccccc34)nc3c(N)ncnc32)[C@H](O[Si](C)(C)C(C)(C)C)[C@@H]1O[Si](C)(C)C(C)(C)C. The Morgan fingerprint density at radius 2 is 1.23 bits per heavy atom. The third-order valence-electron chi connectivity index (χ3n) is 13.2. The molecule has 3 heterocycles. The third-order valence-corrected chi connectivity index (χ3v) is 26.6. The molecule has 6 rings (SSSR count). The number of hydrogen-bond donors (Lipinski definition) is 1. The van der Waals surface area contributed by atoms with Gasteiger partial charge in [-0.25, -0.2) is 15.0 Å². The van der Waals surface area contributed by atoms with Gasteiger partial charge in [-0.3, -0.25) is 4.57 Å². The van der Waals surface area contributed by atoms with Gasteiger partial charge in [0.25, 0.3) is 0 Å². The molecular formula is C44H65N5O4Si3. The molecule has 1 saturated heterocycles. The number of fused-ring (bicyclic) bond motifs is 3. The molecule has 0 amide bonds. The van der Waals surface area contributed by atoms with Gasteiger partial charge in [-0.2, -0.15) is 0 Å². The Morgan fingerprint density at radius 3 is 1.77 bits per heavy atom. The molecular weight excluding hydrogens is 747 g/mol. The predicted octanol–water partition coefficient (Wildman–Crippen LogP) is 11.6. The minimum atomic E-state index is -2.42. The van der Waals surface area contributed by atoms with Crippen LogP contribution in [0.4, 0.5) is 5.82 Å². The monoisotopic (exact) mass is 811 g/mol. The van der Waals surface area contributed by atoms with E-state index in [1.54, 1.807) is 0 Å². The van der Waals surface area contributed by atoms with E-state index in [0.717, 1.165) is 16.3 Å². The lowest BCUT2D eigenvalue weighted by molar-refractivity contribution is -0.0473. The molecule has 2 aromatic heterocycles. The van der Waals surface area contributed by atoms with Crippen molar-refractivity contribution in [3.63, 3.8) is 0 Å². The highest BCUT2D eigenvalue weighted by Crippen LogP contribution is 2.47. The molecule has 1 fully saturated rings. The number of nitrogens with two attached hydrogens (primary N) is 1. The van der Waals surface area contributed by atoms with Gasteiger partial charge in [0.1, 0.15) is 30.5 Å². The summed E-state index contributed by atoms with van der Waals surface area (Å²) in [5, 5.41) is 4.57. The fourth-order valence-electron chi connectivity index (χ4n) is 6.56. The summed E-state index contributed by atoms with van der Waals surface area (Å²) in [6.07, 6.45) is 3.77. The molecule has 0 bridgehead atoms. The van der Waals surface area contributed by atoms with E-state index < -0.39 is 49.5 Å². The zero-order valence-corrected chi connectivity index (χ0v) is 39.4. The first kappa shape index (κ1) is 42.4. The fourth-order valence-corrected chi connectivity index (χ4v) is 10.2. The third kappa shape index (κ3) is 8.08. The van der Waals surface area contributed by atoms with Gasteiger partial charge in [0, 0.05) is 0 Å². The summed E-state index contributed by atoms with van der Waals surface area (Å²) in [7, 11) is -6.95. The van der Waals surface area contributed by atoms with Gasteiger partial charge >= 0.3 is 0 Å². The van der Waals surface area contributed by atoms with Gasteiger partial charge in [-0.15, -0.1) is 0 Å². The van der Waals surface area contributed by atoms with Crippen molar-refractivity contribution in [1.82, 2.24) is 19.5 Å². The molecule has 0 unspecified atom stereocenters. The van der Waals surface area contributed by atoms with Crippen LogP contribution in [0.5, 0.6) is 0 Å². The van der Waals surface area contributed by atoms with Crippen LogP contribution in [0.1, 0.15) is 79.9 Å². The van der Waals surface area contributed by atoms with E-state index >= 15 is 0 Å². The second kappa shape index (κ2) is 14.9. The maximum atomic E-state index is 7.53. The lowest BCUT2D eigenvalue weighted by Gasteiger charge is -2.44. The van der Waals surface area contributed by atoms with Gasteiger partial charge in [0.2, 0.25) is 0 Å². The normalized spacial score (nSPS) is 20.6. The largest absolute Gasteiger partial charge is 0.414 e. The topological polar surface area (TPSA) is 107 Å². The van der Waals surface area contributed by atoms with Crippen molar-refractivity contribution in [2.24, 2.45) is 0 Å². The van der Waals surface area contributed by atoms with Gasteiger partial charge in [-0.1, -0.05) is 117 Å². The number of aromatic nitrogens is 4. The van der Waals surface area contributed by atoms with Crippen LogP contribution in [0.15, 0.2) is 60.9 Å². The van der Waals surface area contributed by atoms with Crippen molar-refractivity contribution < 1.29 is 18.0 Å². The van der Waals surface area contributed by atoms with E-state index in [2.05, 4.69) is 178 Å². The Bertz CT molecular complexity index is 2190. The van der Waals surface area contributed by atoms with Crippen molar-refractivity contribution in [2.45, 2.75) is 141 Å². The van der Waals surface area contributed by atoms with Crippen LogP contribution in [0, 0.1) is 0 Å². The van der Waals surface area contributed by atoms with Crippen LogP contribution in [-0.2, 0) is 18.0 Å². The Kier molecular flexibility index (Phi) is 11.2. The molecule has 1 aliphatic heterocycles. The smallest absolute Gasteiger partial charge is 0.192 e. The summed E-state index contributed by atoms with van der Waals surface area (Å²) in [6.45, 7) is 34.6. The Labute approximate surface area is 337 Å². The number of imidazole rings is 1. The molecule has 3 aromatic carbocycles. The second-order valence-electron chi connectivity index (χ2n) is 20.2. The van der Waals surface area contributed by atoms with E-state index in [0.29, 0.717) is 29.4 Å². The number of hydrogen-bond acceptors (Lipinski definition) is 8. The first-order valence-corrected chi connectivity index (χ1v) is 28.8. The number of nitrogens with zero attached hydrogens (tertiary/aromatic N) is 4. The van der Waals surface area contributed by atoms with Crippen molar-refractivity contribution >= 4 is 75.6 Å². The molecule has 1 aliphatic rings. The molecule has 0 spiro atoms. The number of anilines is 1. The van der Waals surface area contributed by atoms with Gasteiger partial charge in [0.05, 0.1) is 6.61 Å². The van der Waals surface area contributed by atoms with Crippen LogP contribution in [0.2, 0.25) is 54.4 Å². The maximum Gasteiger partial charge on any atom is 0.192 e. The standard InChI is InChI=1S/C44H65N5O4Si3/c1-42(2,3)54(10,11)50-27-34-37(52-55(12,13)43(4,5)6)38(53-56(14,15)44(7,8)9)41(51-34)49-35(48-36-39(45)46-28-47-40(36)49)25-24-33-31-22-18-16-20-29(31)26-30-21-17-19-23-32(30)33/h16-26,28,34,37-38,41H,27H2,1-15H3,(H2,45,46,47)/b25-24+/t34-,37-,38-,41-/m1/s1. The number of benzene rings is 3. The number of nitrogen functional groups attached to an aromatic ring is 1. The minimum Gasteiger partial charge on any atom is -0.414 e. The van der Waals surface area contributed by atoms with Crippen LogP contribution in [0.3, 0.4) is 0 Å². The fraction of sp³-hybridized carbons (Fsp3) is 0.523. The molecule has 4 atom stereocenters. The van der Waals surface area contributed by atoms with E-state index in [1.165, 1.54) is 17.1 Å². The Balaban J connectivity index is 1.57. The highest BCUT2D eigenvalue weighted by molar-refractivity contribution is 6.75. The van der Waals surface area contributed by atoms with E-state index in [4.69, 9.17) is 33.7 Å². The summed E-state index contributed by atoms with van der Waals surface area (Å²) < 4.78 is 31.4. The molecule has 2 N–H and O–H groups in total. The molecule has 0 aliphatic carbocycles. The van der Waals surface area contributed by atoms with Crippen LogP contribution in [0.25, 0.3) is 44.9 Å². The van der Waals surface area contributed by atoms with Crippen LogP contribution < -0.4 is 5.73 Å². The van der Waals surface area contributed by atoms with Gasteiger partial charge in [0.15, 0.2) is 48.2 Å². The van der Waals surface area contributed by atoms with Crippen molar-refractivity contribution in [1.29, 1.82) is 0 Å². The molecule has 0 radical (unpaired) electrons. The average molecular weight is 812 g/mol. The lowest BCUT2D eigenvalue weighted by Crippen LogP contribution is -2.54. The molecule has 56 heavy (non-hydrogen) atoms. The van der Waals surface area contributed by atoms with Gasteiger partial charge < -0.3 is 23.7 Å². The zero-order valence-electron chi connectivity index (χ0n) is 36.4. The van der Waals surface area contributed by atoms with Crippen molar-refractivity contribution in [2.75, 3.05) is 12.3 Å². The molecule has 5 aromatic rings. The highest BCUT2D eigenvalue weighted by atomic mass is 28.4. The van der Waals surface area contributed by atoms with E-state index in [-0.39, 0.29) is 15.1 Å². The predicted molar refractivity (Wildman–Crippen MR) is 241 cm³/mol. The zero-order chi connectivity index (χ0) is 41.2. The summed E-state index contributed by atoms with van der Waals surface area (Å²) in [5.74, 6) is 0.959. The second-order valence-corrected chi connectivity index (χ2v) is 34.5. The van der Waals surface area contributed by atoms with Crippen LogP contribution >= 0.6 is 0 Å². The summed E-state index contributed by atoms with van der Waals surface area (Å²) in [6, 6.07) is 19.3. The molecule has 9 nitrogen and oxygen atoms in total. The van der Waals surface area contributed by atoms with Crippen molar-refractivity contribution in [3.05, 3.63) is 72.3 Å². The summed E-state index contributed by atoms with van der Waals surface area (Å²) in [4.78, 5) is 14.3. The Hall–Kier alpha value is -3.24. The lowest BCUT2D eigenvalue weighted by atomic mass is 9.96. The first-order chi connectivity index (χ1) is 25.8. The summed E-state index contributed by atoms with van der Waals surface area (Å²) in [5.41, 5.74) is 8.78. The van der Waals surface area contributed by atoms with E-state index in [1.807, 2.05) is 0 Å². The van der Waals surface area contributed by atoms with Crippen LogP contribution in [-0.4, -0.2) is 69.4 Å². The minimum absolute atomic E-state index is 0.0244. The first-order valence-electron chi connectivity index (χ1n) is 20.0. The van der Waals surface area contributed by atoms with E-state index in [9.17, 15) is 0 Å². The maximum absolute atomic E-state index is 7.53. The highest BCUT2D eigenvalue weighted by Gasteiger charge is 2.55. The number of ether oxygens (including phenoxy) is 1. The number of rotatable bonds is 10. The molecule has 12 heteroatoms. The summed E-state index contributed by atoms with van der Waals surface area (Å²) >= 11 is 0. The van der Waals surface area contributed by atoms with Gasteiger partial charge in [-0.05, 0) is 93.6 Å². The Morgan fingerprint density at radius 1 is 0.714 bits per heavy atom. The quantitative estimate of drug-likeness (QED) is 0.110.